The molecule has 114 valence electrons. The van der Waals surface area contributed by atoms with Crippen molar-refractivity contribution in [2.75, 3.05) is 0 Å². The standard InChI is InChI=1S/C14H20N4O2S/c1-11(9-18-7-6-16-10-18)17-21(19,20)14-5-3-4-13(8-14)12(2)15/h3-8,10-12,17H,9,15H2,1-2H3. The number of nitrogens with two attached hydrogens (primary N) is 1. The van der Waals surface area contributed by atoms with Crippen LogP contribution < -0.4 is 10.5 Å². The molecule has 0 aliphatic heterocycles. The van der Waals surface area contributed by atoms with Crippen LogP contribution in [0.2, 0.25) is 0 Å². The zero-order valence-electron chi connectivity index (χ0n) is 12.1. The van der Waals surface area contributed by atoms with Gasteiger partial charge in [0.2, 0.25) is 10.0 Å². The van der Waals surface area contributed by atoms with Gasteiger partial charge in [0.05, 0.1) is 11.2 Å². The molecule has 1 aromatic carbocycles. The molecule has 2 unspecified atom stereocenters. The Hall–Kier alpha value is -1.70. The number of hydrogen-bond donors (Lipinski definition) is 2. The molecule has 3 N–H and O–H groups in total. The number of hydrogen-bond acceptors (Lipinski definition) is 4. The summed E-state index contributed by atoms with van der Waals surface area (Å²) in [5, 5.41) is 0. The third-order valence-electron chi connectivity index (χ3n) is 3.09. The number of nitrogens with one attached hydrogen (secondary N) is 1. The van der Waals surface area contributed by atoms with E-state index in [4.69, 9.17) is 5.73 Å². The number of benzene rings is 1. The van der Waals surface area contributed by atoms with E-state index < -0.39 is 10.0 Å². The molecule has 0 saturated carbocycles. The van der Waals surface area contributed by atoms with Gasteiger partial charge >= 0.3 is 0 Å². The van der Waals surface area contributed by atoms with Gasteiger partial charge in [-0.25, -0.2) is 18.1 Å². The normalized spacial score (nSPS) is 14.8. The van der Waals surface area contributed by atoms with Crippen molar-refractivity contribution in [2.45, 2.75) is 37.4 Å². The number of imidazole rings is 1. The Balaban J connectivity index is 2.12. The van der Waals surface area contributed by atoms with Gasteiger partial charge in [-0.15, -0.1) is 0 Å². The van der Waals surface area contributed by atoms with Crippen LogP contribution in [0, 0.1) is 0 Å². The lowest BCUT2D eigenvalue weighted by Crippen LogP contribution is -2.35. The van der Waals surface area contributed by atoms with Crippen LogP contribution in [-0.2, 0) is 16.6 Å². The average Bonchev–Trinajstić information content (AvgIpc) is 2.91. The van der Waals surface area contributed by atoms with Crippen LogP contribution in [0.5, 0.6) is 0 Å². The zero-order valence-corrected chi connectivity index (χ0v) is 12.9. The highest BCUT2D eigenvalue weighted by Gasteiger charge is 2.18. The largest absolute Gasteiger partial charge is 0.336 e. The van der Waals surface area contributed by atoms with Crippen LogP contribution in [0.15, 0.2) is 47.9 Å². The van der Waals surface area contributed by atoms with Crippen LogP contribution in [0.25, 0.3) is 0 Å². The van der Waals surface area contributed by atoms with Crippen molar-refractivity contribution in [1.82, 2.24) is 14.3 Å². The maximum absolute atomic E-state index is 12.4. The van der Waals surface area contributed by atoms with E-state index in [-0.39, 0.29) is 17.0 Å². The van der Waals surface area contributed by atoms with Gasteiger partial charge in [0.25, 0.3) is 0 Å². The highest BCUT2D eigenvalue weighted by Crippen LogP contribution is 2.16. The second-order valence-corrected chi connectivity index (χ2v) is 6.86. The molecule has 0 spiro atoms. The molecule has 0 aliphatic rings. The van der Waals surface area contributed by atoms with E-state index in [9.17, 15) is 8.42 Å². The van der Waals surface area contributed by atoms with E-state index in [0.29, 0.717) is 6.54 Å². The van der Waals surface area contributed by atoms with E-state index in [2.05, 4.69) is 9.71 Å². The van der Waals surface area contributed by atoms with Gasteiger partial charge in [-0.05, 0) is 31.5 Å². The van der Waals surface area contributed by atoms with Gasteiger partial charge < -0.3 is 10.3 Å². The molecule has 0 aliphatic carbocycles. The summed E-state index contributed by atoms with van der Waals surface area (Å²) >= 11 is 0. The SMILES string of the molecule is CC(Cn1ccnc1)NS(=O)(=O)c1cccc(C(C)N)c1. The first-order chi connectivity index (χ1) is 9.88. The molecular formula is C14H20N4O2S. The monoisotopic (exact) mass is 308 g/mol. The molecule has 7 heteroatoms. The fourth-order valence-corrected chi connectivity index (χ4v) is 3.34. The molecule has 1 heterocycles. The third-order valence-corrected chi connectivity index (χ3v) is 4.68. The van der Waals surface area contributed by atoms with Crippen molar-refractivity contribution in [1.29, 1.82) is 0 Å². The van der Waals surface area contributed by atoms with Crippen molar-refractivity contribution < 1.29 is 8.42 Å². The summed E-state index contributed by atoms with van der Waals surface area (Å²) in [6.07, 6.45) is 5.11. The minimum Gasteiger partial charge on any atom is -0.336 e. The van der Waals surface area contributed by atoms with Gasteiger partial charge in [-0.3, -0.25) is 0 Å². The van der Waals surface area contributed by atoms with E-state index in [1.165, 1.54) is 0 Å². The number of sulfonamides is 1. The third kappa shape index (κ3) is 4.13. The molecule has 2 aromatic rings. The fraction of sp³-hybridized carbons (Fsp3) is 0.357. The van der Waals surface area contributed by atoms with E-state index >= 15 is 0 Å². The first kappa shape index (κ1) is 15.7. The maximum Gasteiger partial charge on any atom is 0.240 e. The summed E-state index contributed by atoms with van der Waals surface area (Å²) in [6.45, 7) is 4.15. The molecule has 0 saturated heterocycles. The lowest BCUT2D eigenvalue weighted by atomic mass is 10.1. The van der Waals surface area contributed by atoms with E-state index in [0.717, 1.165) is 5.56 Å². The molecule has 21 heavy (non-hydrogen) atoms. The molecular weight excluding hydrogens is 288 g/mol. The van der Waals surface area contributed by atoms with Crippen LogP contribution in [-0.4, -0.2) is 24.0 Å². The van der Waals surface area contributed by atoms with E-state index in [1.807, 2.05) is 24.5 Å². The second-order valence-electron chi connectivity index (χ2n) is 5.14. The Morgan fingerprint density at radius 1 is 1.38 bits per heavy atom. The van der Waals surface area contributed by atoms with Crippen LogP contribution in [0.1, 0.15) is 25.5 Å². The second kappa shape index (κ2) is 6.38. The van der Waals surface area contributed by atoms with Crippen molar-refractivity contribution >= 4 is 10.0 Å². The summed E-state index contributed by atoms with van der Waals surface area (Å²) in [6, 6.07) is 6.24. The molecule has 0 fully saturated rings. The Morgan fingerprint density at radius 2 is 2.14 bits per heavy atom. The molecule has 1 aromatic heterocycles. The quantitative estimate of drug-likeness (QED) is 0.841. The average molecular weight is 308 g/mol. The smallest absolute Gasteiger partial charge is 0.240 e. The van der Waals surface area contributed by atoms with Crippen molar-refractivity contribution in [2.24, 2.45) is 5.73 Å². The molecule has 2 rings (SSSR count). The van der Waals surface area contributed by atoms with Crippen LogP contribution >= 0.6 is 0 Å². The fourth-order valence-electron chi connectivity index (χ4n) is 2.05. The van der Waals surface area contributed by atoms with E-state index in [1.54, 1.807) is 36.9 Å². The molecule has 0 radical (unpaired) electrons. The predicted octanol–water partition coefficient (Wildman–Crippen LogP) is 1.27. The van der Waals surface area contributed by atoms with Crippen molar-refractivity contribution in [3.8, 4) is 0 Å². The lowest BCUT2D eigenvalue weighted by molar-refractivity contribution is 0.520. The highest BCUT2D eigenvalue weighted by molar-refractivity contribution is 7.89. The van der Waals surface area contributed by atoms with Crippen LogP contribution in [0.3, 0.4) is 0 Å². The van der Waals surface area contributed by atoms with Crippen LogP contribution in [0.4, 0.5) is 0 Å². The lowest BCUT2D eigenvalue weighted by Gasteiger charge is -2.15. The Labute approximate surface area is 125 Å². The summed E-state index contributed by atoms with van der Waals surface area (Å²) in [5.41, 5.74) is 6.58. The first-order valence-electron chi connectivity index (χ1n) is 6.72. The molecule has 0 amide bonds. The van der Waals surface area contributed by atoms with Gasteiger partial charge in [0.15, 0.2) is 0 Å². The van der Waals surface area contributed by atoms with Gasteiger partial charge in [0, 0.05) is 31.0 Å². The maximum atomic E-state index is 12.4. The van der Waals surface area contributed by atoms with Crippen molar-refractivity contribution in [3.05, 3.63) is 48.5 Å². The van der Waals surface area contributed by atoms with Gasteiger partial charge in [-0.2, -0.15) is 0 Å². The summed E-state index contributed by atoms with van der Waals surface area (Å²) in [7, 11) is -3.56. The zero-order chi connectivity index (χ0) is 15.5. The minimum atomic E-state index is -3.56. The van der Waals surface area contributed by atoms with Gasteiger partial charge in [0.1, 0.15) is 0 Å². The Kier molecular flexibility index (Phi) is 4.76. The molecule has 6 nitrogen and oxygen atoms in total. The predicted molar refractivity (Wildman–Crippen MR) is 81.1 cm³/mol. The van der Waals surface area contributed by atoms with Crippen molar-refractivity contribution in [3.63, 3.8) is 0 Å². The molecule has 2 atom stereocenters. The number of rotatable bonds is 6. The number of nitrogens with zero attached hydrogens (tertiary/aromatic N) is 2. The Morgan fingerprint density at radius 3 is 2.76 bits per heavy atom. The topological polar surface area (TPSA) is 90.0 Å². The first-order valence-corrected chi connectivity index (χ1v) is 8.20. The number of aromatic nitrogens is 2. The minimum absolute atomic E-state index is 0.205. The summed E-state index contributed by atoms with van der Waals surface area (Å²) in [4.78, 5) is 4.16. The summed E-state index contributed by atoms with van der Waals surface area (Å²) in [5.74, 6) is 0. The highest BCUT2D eigenvalue weighted by atomic mass is 32.2. The van der Waals surface area contributed by atoms with Gasteiger partial charge in [-0.1, -0.05) is 12.1 Å². The molecule has 0 bridgehead atoms. The Bertz CT molecular complexity index is 681. The summed E-state index contributed by atoms with van der Waals surface area (Å²) < 4.78 is 29.2.